The molecular formula is C14H19BrN2OS. The number of aliphatic hydroxyl groups excluding tert-OH is 1. The van der Waals surface area contributed by atoms with Gasteiger partial charge in [-0.2, -0.15) is 5.10 Å². The lowest BCUT2D eigenvalue weighted by Crippen LogP contribution is -2.05. The molecule has 0 saturated carbocycles. The van der Waals surface area contributed by atoms with Crippen LogP contribution in [0.1, 0.15) is 39.7 Å². The third-order valence-electron chi connectivity index (χ3n) is 3.40. The first-order valence-corrected chi connectivity index (χ1v) is 8.00. The van der Waals surface area contributed by atoms with E-state index in [1.54, 1.807) is 11.3 Å². The first-order valence-electron chi connectivity index (χ1n) is 6.39. The summed E-state index contributed by atoms with van der Waals surface area (Å²) >= 11 is 5.26. The van der Waals surface area contributed by atoms with Gasteiger partial charge < -0.3 is 5.11 Å². The van der Waals surface area contributed by atoms with E-state index < -0.39 is 6.10 Å². The van der Waals surface area contributed by atoms with Crippen LogP contribution in [0.25, 0.3) is 0 Å². The van der Waals surface area contributed by atoms with E-state index in [0.29, 0.717) is 6.42 Å². The molecule has 1 atom stereocenters. The molecule has 104 valence electrons. The molecule has 0 aliphatic rings. The van der Waals surface area contributed by atoms with Crippen molar-refractivity contribution < 1.29 is 5.11 Å². The Morgan fingerprint density at radius 1 is 1.47 bits per heavy atom. The average molecular weight is 343 g/mol. The Morgan fingerprint density at radius 3 is 2.63 bits per heavy atom. The highest BCUT2D eigenvalue weighted by molar-refractivity contribution is 9.10. The molecule has 0 radical (unpaired) electrons. The maximum atomic E-state index is 10.4. The molecule has 3 nitrogen and oxygen atoms in total. The van der Waals surface area contributed by atoms with Gasteiger partial charge in [-0.15, -0.1) is 11.3 Å². The molecule has 5 heteroatoms. The zero-order valence-electron chi connectivity index (χ0n) is 11.7. The molecule has 0 aromatic carbocycles. The standard InChI is InChI=1S/C14H19BrN2OS/c1-5-10-14(15)11(17(4)16-10)7-12(18)13-6-8(2)9(3)19-13/h6,12,18H,5,7H2,1-4H3. The molecular weight excluding hydrogens is 324 g/mol. The molecule has 0 spiro atoms. The fourth-order valence-electron chi connectivity index (χ4n) is 2.09. The van der Waals surface area contributed by atoms with Crippen molar-refractivity contribution in [2.45, 2.75) is 39.7 Å². The summed E-state index contributed by atoms with van der Waals surface area (Å²) in [5.74, 6) is 0. The van der Waals surface area contributed by atoms with Crippen LogP contribution in [0.15, 0.2) is 10.5 Å². The van der Waals surface area contributed by atoms with Crippen molar-refractivity contribution in [2.24, 2.45) is 7.05 Å². The van der Waals surface area contributed by atoms with Crippen molar-refractivity contribution in [1.82, 2.24) is 9.78 Å². The third kappa shape index (κ3) is 2.93. The summed E-state index contributed by atoms with van der Waals surface area (Å²) < 4.78 is 2.89. The molecule has 0 aliphatic carbocycles. The van der Waals surface area contributed by atoms with Gasteiger partial charge in [0.2, 0.25) is 0 Å². The molecule has 1 unspecified atom stereocenters. The van der Waals surface area contributed by atoms with Crippen LogP contribution in [0.4, 0.5) is 0 Å². The number of nitrogens with zero attached hydrogens (tertiary/aromatic N) is 2. The van der Waals surface area contributed by atoms with Crippen molar-refractivity contribution in [1.29, 1.82) is 0 Å². The molecule has 0 amide bonds. The predicted octanol–water partition coefficient (Wildman–Crippen LogP) is 3.70. The van der Waals surface area contributed by atoms with Crippen molar-refractivity contribution >= 4 is 27.3 Å². The van der Waals surface area contributed by atoms with Gasteiger partial charge in [0.05, 0.1) is 22.0 Å². The Balaban J connectivity index is 2.23. The van der Waals surface area contributed by atoms with Gasteiger partial charge in [0.1, 0.15) is 0 Å². The summed E-state index contributed by atoms with van der Waals surface area (Å²) in [6.07, 6.45) is 1.01. The number of aliphatic hydroxyl groups is 1. The third-order valence-corrected chi connectivity index (χ3v) is 5.57. The molecule has 2 rings (SSSR count). The Kier molecular flexibility index (Phi) is 4.48. The van der Waals surface area contributed by atoms with Gasteiger partial charge in [-0.25, -0.2) is 0 Å². The van der Waals surface area contributed by atoms with Gasteiger partial charge in [0.25, 0.3) is 0 Å². The Morgan fingerprint density at radius 2 is 2.16 bits per heavy atom. The summed E-state index contributed by atoms with van der Waals surface area (Å²) in [5.41, 5.74) is 3.34. The number of aryl methyl sites for hydroxylation is 4. The van der Waals surface area contributed by atoms with Crippen LogP contribution in [0.2, 0.25) is 0 Å². The summed E-state index contributed by atoms with van der Waals surface area (Å²) in [7, 11) is 1.93. The Hall–Kier alpha value is -0.650. The van der Waals surface area contributed by atoms with E-state index in [4.69, 9.17) is 0 Å². The second kappa shape index (κ2) is 5.77. The van der Waals surface area contributed by atoms with Gasteiger partial charge in [0.15, 0.2) is 0 Å². The normalized spacial score (nSPS) is 12.9. The minimum Gasteiger partial charge on any atom is -0.387 e. The smallest absolute Gasteiger partial charge is 0.0937 e. The molecule has 0 aliphatic heterocycles. The van der Waals surface area contributed by atoms with E-state index in [1.165, 1.54) is 10.4 Å². The van der Waals surface area contributed by atoms with E-state index in [0.717, 1.165) is 27.2 Å². The average Bonchev–Trinajstić information content (AvgIpc) is 2.84. The number of hydrogen-bond donors (Lipinski definition) is 1. The Bertz CT molecular complexity index is 569. The molecule has 2 aromatic rings. The first-order chi connectivity index (χ1) is 8.93. The summed E-state index contributed by atoms with van der Waals surface area (Å²) in [6.45, 7) is 6.25. The highest BCUT2D eigenvalue weighted by Gasteiger charge is 2.19. The maximum absolute atomic E-state index is 10.4. The quantitative estimate of drug-likeness (QED) is 0.919. The fourth-order valence-corrected chi connectivity index (χ4v) is 3.90. The van der Waals surface area contributed by atoms with E-state index in [-0.39, 0.29) is 0 Å². The molecule has 0 fully saturated rings. The molecule has 1 N–H and O–H groups in total. The highest BCUT2D eigenvalue weighted by Crippen LogP contribution is 2.31. The predicted molar refractivity (Wildman–Crippen MR) is 82.7 cm³/mol. The summed E-state index contributed by atoms with van der Waals surface area (Å²) in [5, 5.41) is 14.9. The molecule has 2 aromatic heterocycles. The lowest BCUT2D eigenvalue weighted by molar-refractivity contribution is 0.179. The van der Waals surface area contributed by atoms with Crippen molar-refractivity contribution in [3.05, 3.63) is 37.2 Å². The maximum Gasteiger partial charge on any atom is 0.0937 e. The fraction of sp³-hybridized carbons (Fsp3) is 0.500. The highest BCUT2D eigenvalue weighted by atomic mass is 79.9. The van der Waals surface area contributed by atoms with Crippen LogP contribution in [0, 0.1) is 13.8 Å². The largest absolute Gasteiger partial charge is 0.387 e. The Labute approximate surface area is 126 Å². The summed E-state index contributed by atoms with van der Waals surface area (Å²) in [4.78, 5) is 2.30. The van der Waals surface area contributed by atoms with Crippen molar-refractivity contribution in [3.63, 3.8) is 0 Å². The van der Waals surface area contributed by atoms with Gasteiger partial charge in [-0.05, 0) is 47.8 Å². The molecule has 19 heavy (non-hydrogen) atoms. The van der Waals surface area contributed by atoms with Crippen LogP contribution in [0.3, 0.4) is 0 Å². The van der Waals surface area contributed by atoms with E-state index in [1.807, 2.05) is 11.7 Å². The van der Waals surface area contributed by atoms with Crippen LogP contribution < -0.4 is 0 Å². The van der Waals surface area contributed by atoms with Gasteiger partial charge >= 0.3 is 0 Å². The van der Waals surface area contributed by atoms with Crippen LogP contribution in [-0.2, 0) is 19.9 Å². The van der Waals surface area contributed by atoms with Gasteiger partial charge in [0, 0.05) is 23.2 Å². The second-order valence-electron chi connectivity index (χ2n) is 4.79. The van der Waals surface area contributed by atoms with E-state index >= 15 is 0 Å². The number of rotatable bonds is 4. The van der Waals surface area contributed by atoms with Gasteiger partial charge in [-0.1, -0.05) is 6.92 Å². The van der Waals surface area contributed by atoms with Crippen LogP contribution >= 0.6 is 27.3 Å². The lowest BCUT2D eigenvalue weighted by atomic mass is 10.1. The minimum absolute atomic E-state index is 0.464. The number of halogens is 1. The number of aromatic nitrogens is 2. The molecule has 0 bridgehead atoms. The first kappa shape index (κ1) is 14.8. The zero-order chi connectivity index (χ0) is 14.2. The minimum atomic E-state index is -0.464. The number of hydrogen-bond acceptors (Lipinski definition) is 3. The molecule has 0 saturated heterocycles. The van der Waals surface area contributed by atoms with Crippen LogP contribution in [-0.4, -0.2) is 14.9 Å². The SMILES string of the molecule is CCc1nn(C)c(CC(O)c2cc(C)c(C)s2)c1Br. The van der Waals surface area contributed by atoms with Gasteiger partial charge in [-0.3, -0.25) is 4.68 Å². The monoisotopic (exact) mass is 342 g/mol. The van der Waals surface area contributed by atoms with Crippen LogP contribution in [0.5, 0.6) is 0 Å². The number of thiophene rings is 1. The topological polar surface area (TPSA) is 38.0 Å². The summed E-state index contributed by atoms with van der Waals surface area (Å²) in [6, 6.07) is 2.08. The van der Waals surface area contributed by atoms with Crippen molar-refractivity contribution in [3.8, 4) is 0 Å². The zero-order valence-corrected chi connectivity index (χ0v) is 14.1. The second-order valence-corrected chi connectivity index (χ2v) is 6.87. The van der Waals surface area contributed by atoms with Crippen molar-refractivity contribution in [2.75, 3.05) is 0 Å². The van der Waals surface area contributed by atoms with E-state index in [2.05, 4.69) is 47.9 Å². The van der Waals surface area contributed by atoms with E-state index in [9.17, 15) is 5.11 Å². The lowest BCUT2D eigenvalue weighted by Gasteiger charge is -2.09. The molecule has 2 heterocycles.